The molecular weight excluding hydrogens is 510 g/mol. The predicted octanol–water partition coefficient (Wildman–Crippen LogP) is 5.17. The van der Waals surface area contributed by atoms with Gasteiger partial charge in [0.1, 0.15) is 6.61 Å². The summed E-state index contributed by atoms with van der Waals surface area (Å²) in [6.45, 7) is 2.69. The van der Waals surface area contributed by atoms with Crippen molar-refractivity contribution >= 4 is 51.2 Å². The number of benzene rings is 3. The molecule has 0 saturated carbocycles. The predicted molar refractivity (Wildman–Crippen MR) is 132 cm³/mol. The van der Waals surface area contributed by atoms with Gasteiger partial charge in [-0.25, -0.2) is 5.43 Å². The monoisotopic (exact) mass is 529 g/mol. The number of nitrogens with zero attached hydrogens (tertiary/aromatic N) is 1. The number of anilines is 1. The van der Waals surface area contributed by atoms with Gasteiger partial charge in [0.05, 0.1) is 17.3 Å². The Morgan fingerprint density at radius 3 is 2.55 bits per heavy atom. The van der Waals surface area contributed by atoms with Gasteiger partial charge in [-0.15, -0.1) is 0 Å². The second kappa shape index (κ2) is 12.0. The molecule has 2 amide bonds. The summed E-state index contributed by atoms with van der Waals surface area (Å²) in [6.07, 6.45) is 1.40. The van der Waals surface area contributed by atoms with E-state index in [9.17, 15) is 9.59 Å². The summed E-state index contributed by atoms with van der Waals surface area (Å²) in [4.78, 5) is 24.0. The van der Waals surface area contributed by atoms with Crippen molar-refractivity contribution < 1.29 is 19.1 Å². The number of hydrogen-bond donors (Lipinski definition) is 2. The van der Waals surface area contributed by atoms with Gasteiger partial charge in [-0.05, 0) is 64.3 Å². The van der Waals surface area contributed by atoms with Crippen LogP contribution >= 0.6 is 27.5 Å². The minimum absolute atomic E-state index is 0.380. The van der Waals surface area contributed by atoms with Crippen LogP contribution in [0.15, 0.2) is 76.3 Å². The van der Waals surface area contributed by atoms with Gasteiger partial charge in [0, 0.05) is 10.7 Å². The molecule has 0 aliphatic heterocycles. The third-order valence-electron chi connectivity index (χ3n) is 4.23. The van der Waals surface area contributed by atoms with Crippen LogP contribution in [-0.2, 0) is 16.2 Å². The van der Waals surface area contributed by atoms with E-state index in [2.05, 4.69) is 31.8 Å². The first-order valence-electron chi connectivity index (χ1n) is 9.99. The SMILES string of the molecule is CCOc1cc(C=NNC(=O)C(=O)Nc2cccc(Cl)c2)cc(Br)c1OCc1ccccc1. The maximum atomic E-state index is 12.0. The minimum Gasteiger partial charge on any atom is -0.490 e. The zero-order valence-corrected chi connectivity index (χ0v) is 20.0. The van der Waals surface area contributed by atoms with Crippen LogP contribution in [0.3, 0.4) is 0 Å². The van der Waals surface area contributed by atoms with Crippen LogP contribution in [0.1, 0.15) is 18.1 Å². The highest BCUT2D eigenvalue weighted by molar-refractivity contribution is 9.10. The number of nitrogens with one attached hydrogen (secondary N) is 2. The molecule has 0 bridgehead atoms. The average molecular weight is 531 g/mol. The van der Waals surface area contributed by atoms with Crippen LogP contribution in [0.4, 0.5) is 5.69 Å². The molecule has 2 N–H and O–H groups in total. The van der Waals surface area contributed by atoms with E-state index < -0.39 is 11.8 Å². The normalized spacial score (nSPS) is 10.6. The lowest BCUT2D eigenvalue weighted by molar-refractivity contribution is -0.136. The van der Waals surface area contributed by atoms with Crippen molar-refractivity contribution in [1.29, 1.82) is 0 Å². The van der Waals surface area contributed by atoms with Crippen LogP contribution in [-0.4, -0.2) is 24.6 Å². The lowest BCUT2D eigenvalue weighted by Crippen LogP contribution is -2.32. The summed E-state index contributed by atoms with van der Waals surface area (Å²) in [5, 5.41) is 6.75. The van der Waals surface area contributed by atoms with E-state index in [1.807, 2.05) is 37.3 Å². The first kappa shape index (κ1) is 24.3. The van der Waals surface area contributed by atoms with Gasteiger partial charge in [-0.2, -0.15) is 5.10 Å². The van der Waals surface area contributed by atoms with Crippen molar-refractivity contribution in [3.05, 3.63) is 87.4 Å². The zero-order chi connectivity index (χ0) is 23.6. The molecule has 0 aliphatic rings. The van der Waals surface area contributed by atoms with E-state index in [0.717, 1.165) is 5.56 Å². The molecule has 3 aromatic rings. The summed E-state index contributed by atoms with van der Waals surface area (Å²) in [6, 6.07) is 19.8. The van der Waals surface area contributed by atoms with E-state index in [1.165, 1.54) is 12.3 Å². The largest absolute Gasteiger partial charge is 0.490 e. The first-order chi connectivity index (χ1) is 16.0. The third kappa shape index (κ3) is 7.34. The molecule has 0 spiro atoms. The van der Waals surface area contributed by atoms with Crippen LogP contribution in [0.5, 0.6) is 11.5 Å². The van der Waals surface area contributed by atoms with Gasteiger partial charge in [-0.3, -0.25) is 9.59 Å². The van der Waals surface area contributed by atoms with Crippen LogP contribution in [0, 0.1) is 0 Å². The Kier molecular flexibility index (Phi) is 8.86. The summed E-state index contributed by atoms with van der Waals surface area (Å²) < 4.78 is 12.3. The number of carbonyl (C=O) groups excluding carboxylic acids is 2. The molecule has 9 heteroatoms. The van der Waals surface area contributed by atoms with Crippen molar-refractivity contribution in [2.45, 2.75) is 13.5 Å². The Labute approximate surface area is 204 Å². The van der Waals surface area contributed by atoms with E-state index in [4.69, 9.17) is 21.1 Å². The molecule has 0 heterocycles. The molecule has 0 saturated heterocycles. The summed E-state index contributed by atoms with van der Waals surface area (Å²) in [5.41, 5.74) is 4.26. The molecule has 0 aliphatic carbocycles. The third-order valence-corrected chi connectivity index (χ3v) is 5.05. The molecule has 3 aromatic carbocycles. The Hall–Kier alpha value is -3.36. The number of carbonyl (C=O) groups is 2. The van der Waals surface area contributed by atoms with Crippen molar-refractivity contribution in [3.8, 4) is 11.5 Å². The topological polar surface area (TPSA) is 89.0 Å². The number of hydrogen-bond acceptors (Lipinski definition) is 5. The summed E-state index contributed by atoms with van der Waals surface area (Å²) >= 11 is 9.37. The highest BCUT2D eigenvalue weighted by atomic mass is 79.9. The maximum absolute atomic E-state index is 12.0. The minimum atomic E-state index is -0.918. The quantitative estimate of drug-likeness (QED) is 0.239. The molecule has 0 radical (unpaired) electrons. The fourth-order valence-corrected chi connectivity index (χ4v) is 3.53. The fraction of sp³-hybridized carbons (Fsp3) is 0.125. The number of halogens is 2. The van der Waals surface area contributed by atoms with E-state index >= 15 is 0 Å². The fourth-order valence-electron chi connectivity index (χ4n) is 2.77. The number of hydrazone groups is 1. The van der Waals surface area contributed by atoms with Crippen LogP contribution in [0.25, 0.3) is 0 Å². The molecule has 0 fully saturated rings. The number of rotatable bonds is 8. The summed E-state index contributed by atoms with van der Waals surface area (Å²) in [5.74, 6) is -0.703. The lowest BCUT2D eigenvalue weighted by Gasteiger charge is -2.14. The molecule has 33 heavy (non-hydrogen) atoms. The van der Waals surface area contributed by atoms with Crippen LogP contribution < -0.4 is 20.2 Å². The highest BCUT2D eigenvalue weighted by Crippen LogP contribution is 2.37. The number of ether oxygens (including phenoxy) is 2. The Balaban J connectivity index is 1.64. The molecular formula is C24H21BrClN3O4. The van der Waals surface area contributed by atoms with E-state index in [-0.39, 0.29) is 0 Å². The molecule has 3 rings (SSSR count). The van der Waals surface area contributed by atoms with Gasteiger partial charge < -0.3 is 14.8 Å². The van der Waals surface area contributed by atoms with Gasteiger partial charge in [-0.1, -0.05) is 48.0 Å². The maximum Gasteiger partial charge on any atom is 0.329 e. The first-order valence-corrected chi connectivity index (χ1v) is 11.2. The molecule has 170 valence electrons. The van der Waals surface area contributed by atoms with Gasteiger partial charge in [0.2, 0.25) is 0 Å². The van der Waals surface area contributed by atoms with Crippen molar-refractivity contribution in [2.24, 2.45) is 5.10 Å². The Morgan fingerprint density at radius 1 is 1.03 bits per heavy atom. The molecule has 0 atom stereocenters. The lowest BCUT2D eigenvalue weighted by atomic mass is 10.2. The van der Waals surface area contributed by atoms with Crippen molar-refractivity contribution in [1.82, 2.24) is 5.43 Å². The van der Waals surface area contributed by atoms with E-state index in [1.54, 1.807) is 30.3 Å². The Bertz CT molecular complexity index is 1160. The number of amides is 2. The second-order valence-corrected chi connectivity index (χ2v) is 7.99. The summed E-state index contributed by atoms with van der Waals surface area (Å²) in [7, 11) is 0. The van der Waals surface area contributed by atoms with Gasteiger partial charge in [0.25, 0.3) is 0 Å². The molecule has 0 aromatic heterocycles. The van der Waals surface area contributed by atoms with Crippen molar-refractivity contribution in [3.63, 3.8) is 0 Å². The highest BCUT2D eigenvalue weighted by Gasteiger charge is 2.14. The zero-order valence-electron chi connectivity index (χ0n) is 17.7. The standard InChI is InChI=1S/C24H21BrClN3O4/c1-2-32-21-12-17(11-20(25)22(21)33-15-16-7-4-3-5-8-16)14-27-29-24(31)23(30)28-19-10-6-9-18(26)13-19/h3-14H,2,15H2,1H3,(H,28,30)(H,29,31). The smallest absolute Gasteiger partial charge is 0.329 e. The molecule has 7 nitrogen and oxygen atoms in total. The Morgan fingerprint density at radius 2 is 1.82 bits per heavy atom. The van der Waals surface area contributed by atoms with Gasteiger partial charge >= 0.3 is 11.8 Å². The van der Waals surface area contributed by atoms with E-state index in [0.29, 0.717) is 45.5 Å². The van der Waals surface area contributed by atoms with Crippen molar-refractivity contribution in [2.75, 3.05) is 11.9 Å². The average Bonchev–Trinajstić information content (AvgIpc) is 2.79. The van der Waals surface area contributed by atoms with Gasteiger partial charge in [0.15, 0.2) is 11.5 Å². The van der Waals surface area contributed by atoms with Crippen LogP contribution in [0.2, 0.25) is 5.02 Å². The second-order valence-electron chi connectivity index (χ2n) is 6.70. The molecule has 0 unspecified atom stereocenters.